The molecule has 3 aromatic rings. The van der Waals surface area contributed by atoms with E-state index in [2.05, 4.69) is 30.4 Å². The van der Waals surface area contributed by atoms with Crippen molar-refractivity contribution >= 4 is 44.7 Å². The minimum absolute atomic E-state index is 0.0178. The van der Waals surface area contributed by atoms with Crippen molar-refractivity contribution in [1.82, 2.24) is 40.0 Å². The normalized spacial score (nSPS) is 27.5. The first kappa shape index (κ1) is 37.4. The molecule has 1 saturated heterocycles. The third kappa shape index (κ3) is 7.29. The molecule has 2 saturated carbocycles. The van der Waals surface area contributed by atoms with Crippen molar-refractivity contribution in [3.63, 3.8) is 0 Å². The first-order valence-corrected chi connectivity index (χ1v) is 19.9. The van der Waals surface area contributed by atoms with E-state index < -0.39 is 73.9 Å². The highest BCUT2D eigenvalue weighted by Gasteiger charge is 2.63. The molecule has 54 heavy (non-hydrogen) atoms. The standard InChI is InChI=1S/C37H45FN8O7S/c1-21-16-29(45(4)43-21)31(47)40-27-11-9-7-5-6-8-10-23-19-37(23,35(50)44-54(51,52)36(3)14-15-36)42-32(48)30-18-25(20-46(30)34(27)49)53-33-22(2)39-26-13-12-24(38)17-28(26)41-33/h8,10,12-13,16-17,23,25,27,30H,5-7,9,11,14-15,18-20H2,1-4H3,(H,40,47)(H,42,48)(H,44,50)/b10-8-/t23?,25-,27+,30+,37-/m1/s1. The highest BCUT2D eigenvalue weighted by atomic mass is 32.2. The molecule has 4 amide bonds. The fourth-order valence-corrected chi connectivity index (χ4v) is 8.68. The SMILES string of the molecule is Cc1cc(C(=O)N[C@H]2CCCCC/C=C\C3C[C@@]3(C(=O)NS(=O)(=O)C3(C)CC3)NC(=O)[C@@H]3C[C@@H](Oc4nc5cc(F)ccc5nc4C)CN3C2=O)n(C)n1. The van der Waals surface area contributed by atoms with Crippen LogP contribution in [-0.4, -0.2) is 91.7 Å². The topological polar surface area (TPSA) is 195 Å². The number of ether oxygens (including phenoxy) is 1. The zero-order valence-corrected chi connectivity index (χ0v) is 31.5. The Morgan fingerprint density at radius 2 is 1.85 bits per heavy atom. The first-order chi connectivity index (χ1) is 25.6. The number of hydrogen-bond acceptors (Lipinski definition) is 10. The van der Waals surface area contributed by atoms with E-state index in [9.17, 15) is 32.0 Å². The van der Waals surface area contributed by atoms with Crippen molar-refractivity contribution in [1.29, 1.82) is 0 Å². The van der Waals surface area contributed by atoms with Gasteiger partial charge in [0.25, 0.3) is 11.8 Å². The number of nitrogens with zero attached hydrogens (tertiary/aromatic N) is 5. The summed E-state index contributed by atoms with van der Waals surface area (Å²) < 4.78 is 49.2. The van der Waals surface area contributed by atoms with E-state index in [1.54, 1.807) is 33.9 Å². The van der Waals surface area contributed by atoms with Crippen LogP contribution in [0.2, 0.25) is 0 Å². The molecule has 4 heterocycles. The van der Waals surface area contributed by atoms with Gasteiger partial charge in [-0.1, -0.05) is 25.0 Å². The van der Waals surface area contributed by atoms with Gasteiger partial charge in [0.05, 0.1) is 28.0 Å². The van der Waals surface area contributed by atoms with Crippen molar-refractivity contribution in [3.05, 3.63) is 59.3 Å². The number of carbonyl (C=O) groups excluding carboxylic acids is 4. The van der Waals surface area contributed by atoms with E-state index in [4.69, 9.17) is 4.74 Å². The number of carbonyl (C=O) groups is 4. The second-order valence-electron chi connectivity index (χ2n) is 15.3. The largest absolute Gasteiger partial charge is 0.471 e. The van der Waals surface area contributed by atoms with Gasteiger partial charge in [0.2, 0.25) is 27.7 Å². The molecule has 4 aliphatic rings. The number of allylic oxidation sites excluding steroid dienone is 1. The number of fused-ring (bicyclic) bond motifs is 3. The number of benzene rings is 1. The molecule has 5 atom stereocenters. The van der Waals surface area contributed by atoms with Gasteiger partial charge in [-0.2, -0.15) is 5.10 Å². The van der Waals surface area contributed by atoms with Crippen LogP contribution in [0.5, 0.6) is 5.88 Å². The summed E-state index contributed by atoms with van der Waals surface area (Å²) in [7, 11) is -2.37. The Hall–Kier alpha value is -4.93. The Bertz CT molecular complexity index is 2170. The maximum Gasteiger partial charge on any atom is 0.270 e. The van der Waals surface area contributed by atoms with Gasteiger partial charge in [-0.05, 0) is 77.5 Å². The van der Waals surface area contributed by atoms with E-state index >= 15 is 0 Å². The molecule has 1 aromatic carbocycles. The summed E-state index contributed by atoms with van der Waals surface area (Å²) in [6, 6.07) is 3.47. The Kier molecular flexibility index (Phi) is 9.73. The highest BCUT2D eigenvalue weighted by molar-refractivity contribution is 7.91. The van der Waals surface area contributed by atoms with Gasteiger partial charge in [0, 0.05) is 25.5 Å². The minimum Gasteiger partial charge on any atom is -0.471 e. The molecule has 0 radical (unpaired) electrons. The quantitative estimate of drug-likeness (QED) is 0.301. The number of amides is 4. The van der Waals surface area contributed by atoms with Gasteiger partial charge in [-0.25, -0.2) is 22.8 Å². The number of aromatic nitrogens is 4. The number of sulfonamides is 1. The summed E-state index contributed by atoms with van der Waals surface area (Å²) in [5.41, 5.74) is 0.496. The maximum atomic E-state index is 14.6. The molecular formula is C37H45FN8O7S. The third-order valence-electron chi connectivity index (χ3n) is 11.1. The summed E-state index contributed by atoms with van der Waals surface area (Å²) in [4.78, 5) is 66.6. The Labute approximate surface area is 312 Å². The molecular weight excluding hydrogens is 720 g/mol. The number of rotatable bonds is 7. The van der Waals surface area contributed by atoms with Crippen LogP contribution in [0, 0.1) is 25.6 Å². The van der Waals surface area contributed by atoms with Crippen molar-refractivity contribution in [2.75, 3.05) is 6.54 Å². The lowest BCUT2D eigenvalue weighted by Gasteiger charge is -2.30. The lowest BCUT2D eigenvalue weighted by atomic mass is 10.0. The second-order valence-corrected chi connectivity index (χ2v) is 17.5. The molecule has 3 N–H and O–H groups in total. The molecule has 2 aliphatic carbocycles. The van der Waals surface area contributed by atoms with E-state index in [0.29, 0.717) is 49.0 Å². The van der Waals surface area contributed by atoms with Crippen molar-refractivity contribution in [3.8, 4) is 5.88 Å². The van der Waals surface area contributed by atoms with E-state index in [-0.39, 0.29) is 36.5 Å². The summed E-state index contributed by atoms with van der Waals surface area (Å²) in [5.74, 6) is -3.36. The molecule has 3 fully saturated rings. The summed E-state index contributed by atoms with van der Waals surface area (Å²) >= 11 is 0. The molecule has 2 aromatic heterocycles. The third-order valence-corrected chi connectivity index (χ3v) is 13.2. The predicted octanol–water partition coefficient (Wildman–Crippen LogP) is 2.66. The maximum absolute atomic E-state index is 14.6. The van der Waals surface area contributed by atoms with Gasteiger partial charge in [0.15, 0.2) is 0 Å². The Morgan fingerprint density at radius 1 is 1.07 bits per heavy atom. The van der Waals surface area contributed by atoms with Crippen molar-refractivity contribution < 1.29 is 36.7 Å². The Balaban J connectivity index is 1.20. The first-order valence-electron chi connectivity index (χ1n) is 18.4. The fraction of sp³-hybridized carbons (Fsp3) is 0.541. The summed E-state index contributed by atoms with van der Waals surface area (Å²) in [5, 5.41) is 9.99. The zero-order valence-electron chi connectivity index (χ0n) is 30.7. The average molecular weight is 765 g/mol. The Morgan fingerprint density at radius 3 is 2.57 bits per heavy atom. The van der Waals surface area contributed by atoms with Crippen LogP contribution in [-0.2, 0) is 31.5 Å². The van der Waals surface area contributed by atoms with Crippen LogP contribution < -0.4 is 20.1 Å². The monoisotopic (exact) mass is 764 g/mol. The molecule has 0 bridgehead atoms. The molecule has 0 spiro atoms. The van der Waals surface area contributed by atoms with Crippen LogP contribution in [0.25, 0.3) is 11.0 Å². The van der Waals surface area contributed by atoms with Gasteiger partial charge in [-0.15, -0.1) is 0 Å². The summed E-state index contributed by atoms with van der Waals surface area (Å²) in [6.07, 6.45) is 7.10. The molecule has 15 nitrogen and oxygen atoms in total. The van der Waals surface area contributed by atoms with Gasteiger partial charge in [0.1, 0.15) is 40.9 Å². The highest BCUT2D eigenvalue weighted by Crippen LogP contribution is 2.47. The number of nitrogens with one attached hydrogen (secondary N) is 3. The molecule has 2 aliphatic heterocycles. The lowest BCUT2D eigenvalue weighted by molar-refractivity contribution is -0.141. The van der Waals surface area contributed by atoms with Gasteiger partial charge in [-0.3, -0.25) is 28.6 Å². The van der Waals surface area contributed by atoms with E-state index in [0.717, 1.165) is 12.8 Å². The van der Waals surface area contributed by atoms with Crippen LogP contribution >= 0.6 is 0 Å². The lowest BCUT2D eigenvalue weighted by Crippen LogP contribution is -2.58. The number of halogens is 1. The van der Waals surface area contributed by atoms with Crippen LogP contribution in [0.3, 0.4) is 0 Å². The van der Waals surface area contributed by atoms with Crippen molar-refractivity contribution in [2.45, 2.75) is 107 Å². The van der Waals surface area contributed by atoms with E-state index in [1.807, 2.05) is 12.2 Å². The average Bonchev–Trinajstić information content (AvgIpc) is 3.94. The van der Waals surface area contributed by atoms with E-state index in [1.165, 1.54) is 27.8 Å². The van der Waals surface area contributed by atoms with Crippen LogP contribution in [0.15, 0.2) is 36.4 Å². The molecule has 288 valence electrons. The molecule has 7 rings (SSSR count). The van der Waals surface area contributed by atoms with Crippen LogP contribution in [0.1, 0.15) is 86.6 Å². The molecule has 1 unspecified atom stereocenters. The minimum atomic E-state index is -4.01. The fourth-order valence-electron chi connectivity index (χ4n) is 7.37. The zero-order chi connectivity index (χ0) is 38.6. The van der Waals surface area contributed by atoms with Crippen LogP contribution in [0.4, 0.5) is 4.39 Å². The predicted molar refractivity (Wildman–Crippen MR) is 194 cm³/mol. The second kappa shape index (κ2) is 14.0. The van der Waals surface area contributed by atoms with Gasteiger partial charge >= 0.3 is 0 Å². The van der Waals surface area contributed by atoms with Crippen molar-refractivity contribution in [2.24, 2.45) is 13.0 Å². The number of hydrogen-bond donors (Lipinski definition) is 3. The summed E-state index contributed by atoms with van der Waals surface area (Å²) in [6.45, 7) is 4.93. The van der Waals surface area contributed by atoms with Gasteiger partial charge < -0.3 is 20.3 Å². The molecule has 17 heteroatoms. The number of aryl methyl sites for hydroxylation is 3. The smallest absolute Gasteiger partial charge is 0.270 e.